The van der Waals surface area contributed by atoms with Gasteiger partial charge in [-0.2, -0.15) is 11.8 Å². The third-order valence-electron chi connectivity index (χ3n) is 4.64. The molecule has 3 N–H and O–H groups in total. The normalized spacial score (nSPS) is 27.6. The van der Waals surface area contributed by atoms with Gasteiger partial charge in [0.15, 0.2) is 0 Å². The molecule has 2 heterocycles. The highest BCUT2D eigenvalue weighted by Gasteiger charge is 2.40. The molecule has 2 saturated heterocycles. The average molecular weight is 302 g/mol. The van der Waals surface area contributed by atoms with Gasteiger partial charge in [-0.25, -0.2) is 0 Å². The largest absolute Gasteiger partial charge is 0.381 e. The van der Waals surface area contributed by atoms with E-state index in [2.05, 4.69) is 24.1 Å². The first-order chi connectivity index (χ1) is 9.79. The van der Waals surface area contributed by atoms with Crippen LogP contribution in [0.5, 0.6) is 0 Å². The Hall–Kier alpha value is 0.190. The number of ether oxygens (including phenoxy) is 2. The highest BCUT2D eigenvalue weighted by molar-refractivity contribution is 7.99. The van der Waals surface area contributed by atoms with E-state index in [1.165, 1.54) is 24.3 Å². The second kappa shape index (κ2) is 8.59. The van der Waals surface area contributed by atoms with E-state index in [9.17, 15) is 0 Å². The molecule has 5 heteroatoms. The maximum absolute atomic E-state index is 6.16. The van der Waals surface area contributed by atoms with Crippen LogP contribution in [0, 0.1) is 5.92 Å². The summed E-state index contributed by atoms with van der Waals surface area (Å²) in [5.74, 6) is 8.90. The van der Waals surface area contributed by atoms with Crippen molar-refractivity contribution < 1.29 is 9.47 Å². The molecule has 0 aliphatic carbocycles. The van der Waals surface area contributed by atoms with E-state index in [4.69, 9.17) is 15.3 Å². The third-order valence-corrected chi connectivity index (χ3v) is 5.63. The SMILES string of the molecule is CCCOCCC(NN)C1CCOC2(CCSCC2)C1. The fraction of sp³-hybridized carbons (Fsp3) is 1.00. The number of nitrogens with two attached hydrogens (primary N) is 1. The van der Waals surface area contributed by atoms with Gasteiger partial charge in [0, 0.05) is 25.9 Å². The summed E-state index contributed by atoms with van der Waals surface area (Å²) in [5.41, 5.74) is 3.18. The molecule has 2 rings (SSSR count). The summed E-state index contributed by atoms with van der Waals surface area (Å²) in [6.07, 6.45) is 6.79. The van der Waals surface area contributed by atoms with Crippen LogP contribution < -0.4 is 11.3 Å². The number of nitrogens with one attached hydrogen (secondary N) is 1. The Morgan fingerprint density at radius 2 is 2.20 bits per heavy atom. The Morgan fingerprint density at radius 3 is 2.90 bits per heavy atom. The first-order valence-corrected chi connectivity index (χ1v) is 9.21. The molecule has 0 bridgehead atoms. The molecule has 0 aromatic carbocycles. The van der Waals surface area contributed by atoms with Crippen LogP contribution >= 0.6 is 11.8 Å². The van der Waals surface area contributed by atoms with Crippen LogP contribution in [0.2, 0.25) is 0 Å². The van der Waals surface area contributed by atoms with Crippen molar-refractivity contribution >= 4 is 11.8 Å². The zero-order chi connectivity index (χ0) is 14.3. The summed E-state index contributed by atoms with van der Waals surface area (Å²) in [4.78, 5) is 0. The summed E-state index contributed by atoms with van der Waals surface area (Å²) in [6.45, 7) is 4.69. The van der Waals surface area contributed by atoms with Gasteiger partial charge in [0.05, 0.1) is 5.60 Å². The fourth-order valence-corrected chi connectivity index (χ4v) is 4.65. The smallest absolute Gasteiger partial charge is 0.0701 e. The Kier molecular flexibility index (Phi) is 7.11. The lowest BCUT2D eigenvalue weighted by Gasteiger charge is -2.45. The van der Waals surface area contributed by atoms with Crippen LogP contribution in [0.3, 0.4) is 0 Å². The minimum Gasteiger partial charge on any atom is -0.381 e. The number of hydrazine groups is 1. The van der Waals surface area contributed by atoms with Gasteiger partial charge >= 0.3 is 0 Å². The zero-order valence-corrected chi connectivity index (χ0v) is 13.6. The highest BCUT2D eigenvalue weighted by atomic mass is 32.2. The molecule has 0 aromatic heterocycles. The van der Waals surface area contributed by atoms with Crippen molar-refractivity contribution in [2.45, 2.75) is 57.1 Å². The van der Waals surface area contributed by atoms with Crippen LogP contribution in [-0.4, -0.2) is 43.0 Å². The molecule has 2 aliphatic heterocycles. The van der Waals surface area contributed by atoms with Gasteiger partial charge in [-0.1, -0.05) is 6.92 Å². The topological polar surface area (TPSA) is 56.5 Å². The predicted molar refractivity (Wildman–Crippen MR) is 84.8 cm³/mol. The maximum atomic E-state index is 6.16. The van der Waals surface area contributed by atoms with Crippen LogP contribution in [-0.2, 0) is 9.47 Å². The molecule has 0 saturated carbocycles. The van der Waals surface area contributed by atoms with Gasteiger partial charge in [0.2, 0.25) is 0 Å². The van der Waals surface area contributed by atoms with Crippen molar-refractivity contribution in [1.29, 1.82) is 0 Å². The van der Waals surface area contributed by atoms with Crippen molar-refractivity contribution in [2.24, 2.45) is 11.8 Å². The Labute approximate surface area is 127 Å². The van der Waals surface area contributed by atoms with Crippen LogP contribution in [0.4, 0.5) is 0 Å². The van der Waals surface area contributed by atoms with E-state index in [-0.39, 0.29) is 5.60 Å². The zero-order valence-electron chi connectivity index (χ0n) is 12.7. The van der Waals surface area contributed by atoms with Crippen molar-refractivity contribution in [3.8, 4) is 0 Å². The fourth-order valence-electron chi connectivity index (χ4n) is 3.41. The number of thioether (sulfide) groups is 1. The average Bonchev–Trinajstić information content (AvgIpc) is 2.48. The van der Waals surface area contributed by atoms with Gasteiger partial charge in [-0.05, 0) is 55.9 Å². The maximum Gasteiger partial charge on any atom is 0.0701 e. The van der Waals surface area contributed by atoms with Crippen molar-refractivity contribution in [1.82, 2.24) is 5.43 Å². The van der Waals surface area contributed by atoms with Crippen molar-refractivity contribution in [2.75, 3.05) is 31.3 Å². The molecule has 2 atom stereocenters. The molecular weight excluding hydrogens is 272 g/mol. The van der Waals surface area contributed by atoms with Gasteiger partial charge in [-0.15, -0.1) is 0 Å². The second-order valence-electron chi connectivity index (χ2n) is 6.07. The Bertz CT molecular complexity index is 267. The Morgan fingerprint density at radius 1 is 1.40 bits per heavy atom. The van der Waals surface area contributed by atoms with Gasteiger partial charge in [0.25, 0.3) is 0 Å². The quantitative estimate of drug-likeness (QED) is 0.429. The molecule has 20 heavy (non-hydrogen) atoms. The second-order valence-corrected chi connectivity index (χ2v) is 7.30. The van der Waals surface area contributed by atoms with Gasteiger partial charge < -0.3 is 9.47 Å². The first kappa shape index (κ1) is 16.6. The summed E-state index contributed by atoms with van der Waals surface area (Å²) < 4.78 is 11.8. The molecule has 0 radical (unpaired) electrons. The van der Waals surface area contributed by atoms with E-state index in [0.29, 0.717) is 12.0 Å². The number of rotatable bonds is 7. The lowest BCUT2D eigenvalue weighted by Crippen LogP contribution is -2.50. The lowest BCUT2D eigenvalue weighted by molar-refractivity contribution is -0.108. The molecule has 2 fully saturated rings. The van der Waals surface area contributed by atoms with E-state index in [0.717, 1.165) is 45.5 Å². The highest BCUT2D eigenvalue weighted by Crippen LogP contribution is 2.40. The number of hydrogen-bond donors (Lipinski definition) is 2. The van der Waals surface area contributed by atoms with Crippen molar-refractivity contribution in [3.05, 3.63) is 0 Å². The lowest BCUT2D eigenvalue weighted by atomic mass is 9.78. The monoisotopic (exact) mass is 302 g/mol. The van der Waals surface area contributed by atoms with Crippen molar-refractivity contribution in [3.63, 3.8) is 0 Å². The van der Waals surface area contributed by atoms with Gasteiger partial charge in [-0.3, -0.25) is 11.3 Å². The first-order valence-electron chi connectivity index (χ1n) is 8.05. The molecular formula is C15H30N2O2S. The summed E-state index contributed by atoms with van der Waals surface area (Å²) in [6, 6.07) is 0.363. The third kappa shape index (κ3) is 4.60. The molecule has 1 spiro atoms. The minimum atomic E-state index is 0.146. The summed E-state index contributed by atoms with van der Waals surface area (Å²) >= 11 is 2.06. The van der Waals surface area contributed by atoms with E-state index >= 15 is 0 Å². The molecule has 2 aliphatic rings. The summed E-state index contributed by atoms with van der Waals surface area (Å²) in [5, 5.41) is 0. The van der Waals surface area contributed by atoms with Crippen LogP contribution in [0.25, 0.3) is 0 Å². The van der Waals surface area contributed by atoms with E-state index < -0.39 is 0 Å². The van der Waals surface area contributed by atoms with Crippen LogP contribution in [0.1, 0.15) is 45.4 Å². The van der Waals surface area contributed by atoms with E-state index in [1.807, 2.05) is 0 Å². The summed E-state index contributed by atoms with van der Waals surface area (Å²) in [7, 11) is 0. The Balaban J connectivity index is 1.82. The molecule has 118 valence electrons. The standard InChI is InChI=1S/C15H30N2O2S/c1-2-7-18-8-4-14(17-16)13-3-9-19-15(12-13)5-10-20-11-6-15/h13-14,17H,2-12,16H2,1H3. The minimum absolute atomic E-state index is 0.146. The molecule has 2 unspecified atom stereocenters. The van der Waals surface area contributed by atoms with E-state index in [1.54, 1.807) is 0 Å². The van der Waals surface area contributed by atoms with Crippen LogP contribution in [0.15, 0.2) is 0 Å². The molecule has 0 amide bonds. The molecule has 4 nitrogen and oxygen atoms in total. The van der Waals surface area contributed by atoms with Gasteiger partial charge in [0.1, 0.15) is 0 Å². The predicted octanol–water partition coefficient (Wildman–Crippen LogP) is 2.33. The molecule has 0 aromatic rings. The number of hydrogen-bond acceptors (Lipinski definition) is 5.